The SMILES string of the molecule is O=C(CCCCCN(CCc1cccc2ccccc12)C1CCN(Cc2ccccc2)CC1)NO. The first kappa shape index (κ1) is 25.4. The number of fused-ring (bicyclic) bond motifs is 1. The third-order valence-electron chi connectivity index (χ3n) is 7.34. The van der Waals surface area contributed by atoms with Gasteiger partial charge in [-0.05, 0) is 73.6 Å². The minimum absolute atomic E-state index is 0.288. The van der Waals surface area contributed by atoms with Crippen molar-refractivity contribution in [3.8, 4) is 0 Å². The van der Waals surface area contributed by atoms with Crippen LogP contribution in [0.5, 0.6) is 0 Å². The highest BCUT2D eigenvalue weighted by atomic mass is 16.5. The molecular weight excluding hydrogens is 434 g/mol. The Labute approximate surface area is 209 Å². The summed E-state index contributed by atoms with van der Waals surface area (Å²) in [6, 6.07) is 26.7. The molecule has 0 saturated carbocycles. The Bertz CT molecular complexity index is 1040. The summed E-state index contributed by atoms with van der Waals surface area (Å²) in [5.41, 5.74) is 4.56. The van der Waals surface area contributed by atoms with Crippen LogP contribution in [0.1, 0.15) is 49.7 Å². The zero-order valence-corrected chi connectivity index (χ0v) is 20.7. The van der Waals surface area contributed by atoms with E-state index in [2.05, 4.69) is 82.6 Å². The Morgan fingerprint density at radius 1 is 0.886 bits per heavy atom. The average molecular weight is 474 g/mol. The normalized spacial score (nSPS) is 15.0. The molecule has 1 saturated heterocycles. The number of piperidine rings is 1. The van der Waals surface area contributed by atoms with Crippen LogP contribution in [0.2, 0.25) is 0 Å². The molecule has 0 bridgehead atoms. The summed E-state index contributed by atoms with van der Waals surface area (Å²) in [7, 11) is 0. The summed E-state index contributed by atoms with van der Waals surface area (Å²) in [4.78, 5) is 16.6. The van der Waals surface area contributed by atoms with Crippen LogP contribution in [-0.4, -0.2) is 53.1 Å². The lowest BCUT2D eigenvalue weighted by atomic mass is 9.99. The van der Waals surface area contributed by atoms with Gasteiger partial charge in [-0.3, -0.25) is 19.8 Å². The molecule has 1 fully saturated rings. The number of hydrogen-bond acceptors (Lipinski definition) is 4. The molecule has 0 spiro atoms. The van der Waals surface area contributed by atoms with E-state index in [1.807, 2.05) is 0 Å². The largest absolute Gasteiger partial charge is 0.300 e. The maximum atomic E-state index is 11.3. The van der Waals surface area contributed by atoms with Gasteiger partial charge >= 0.3 is 0 Å². The van der Waals surface area contributed by atoms with Crippen LogP contribution in [0.3, 0.4) is 0 Å². The van der Waals surface area contributed by atoms with Crippen molar-refractivity contribution < 1.29 is 10.0 Å². The van der Waals surface area contributed by atoms with E-state index < -0.39 is 0 Å². The molecule has 0 aromatic heterocycles. The van der Waals surface area contributed by atoms with Gasteiger partial charge in [0, 0.05) is 25.6 Å². The van der Waals surface area contributed by atoms with Gasteiger partial charge in [0.2, 0.25) is 5.91 Å². The molecule has 186 valence electrons. The van der Waals surface area contributed by atoms with Gasteiger partial charge in [0.1, 0.15) is 0 Å². The molecule has 1 heterocycles. The lowest BCUT2D eigenvalue weighted by Gasteiger charge is -2.39. The van der Waals surface area contributed by atoms with E-state index in [0.29, 0.717) is 12.5 Å². The molecule has 1 aliphatic rings. The first-order valence-corrected chi connectivity index (χ1v) is 13.1. The zero-order valence-electron chi connectivity index (χ0n) is 20.7. The number of amides is 1. The second-order valence-corrected chi connectivity index (χ2v) is 9.76. The fraction of sp³-hybridized carbons (Fsp3) is 0.433. The van der Waals surface area contributed by atoms with E-state index in [1.54, 1.807) is 5.48 Å². The predicted octanol–water partition coefficient (Wildman–Crippen LogP) is 5.41. The van der Waals surface area contributed by atoms with E-state index in [-0.39, 0.29) is 5.91 Å². The number of likely N-dealkylation sites (tertiary alicyclic amines) is 1. The Kier molecular flexibility index (Phi) is 9.70. The number of nitrogens with one attached hydrogen (secondary N) is 1. The second kappa shape index (κ2) is 13.4. The zero-order chi connectivity index (χ0) is 24.3. The van der Waals surface area contributed by atoms with Crippen LogP contribution < -0.4 is 5.48 Å². The number of carbonyl (C=O) groups is 1. The van der Waals surface area contributed by atoms with Crippen LogP contribution in [0.15, 0.2) is 72.8 Å². The summed E-state index contributed by atoms with van der Waals surface area (Å²) in [5, 5.41) is 11.4. The van der Waals surface area contributed by atoms with Gasteiger partial charge in [-0.1, -0.05) is 79.2 Å². The molecule has 0 radical (unpaired) electrons. The molecule has 0 unspecified atom stereocenters. The number of hydroxylamine groups is 1. The molecule has 3 aromatic carbocycles. The second-order valence-electron chi connectivity index (χ2n) is 9.76. The lowest BCUT2D eigenvalue weighted by Crippen LogP contribution is -2.45. The molecule has 35 heavy (non-hydrogen) atoms. The Balaban J connectivity index is 1.34. The van der Waals surface area contributed by atoms with Crippen molar-refractivity contribution in [1.29, 1.82) is 0 Å². The third-order valence-corrected chi connectivity index (χ3v) is 7.34. The summed E-state index contributed by atoms with van der Waals surface area (Å²) < 4.78 is 0. The van der Waals surface area contributed by atoms with Crippen LogP contribution in [0.4, 0.5) is 0 Å². The molecule has 5 nitrogen and oxygen atoms in total. The van der Waals surface area contributed by atoms with Crippen molar-refractivity contribution in [2.75, 3.05) is 26.2 Å². The summed E-state index contributed by atoms with van der Waals surface area (Å²) in [6.07, 6.45) is 6.76. The highest BCUT2D eigenvalue weighted by Crippen LogP contribution is 2.23. The molecule has 0 aliphatic carbocycles. The van der Waals surface area contributed by atoms with E-state index in [0.717, 1.165) is 58.4 Å². The highest BCUT2D eigenvalue weighted by molar-refractivity contribution is 5.85. The molecule has 3 aromatic rings. The first-order valence-electron chi connectivity index (χ1n) is 13.1. The highest BCUT2D eigenvalue weighted by Gasteiger charge is 2.24. The molecule has 4 rings (SSSR count). The summed E-state index contributed by atoms with van der Waals surface area (Å²) in [5.74, 6) is -0.288. The minimum Gasteiger partial charge on any atom is -0.300 e. The van der Waals surface area contributed by atoms with Crippen molar-refractivity contribution in [1.82, 2.24) is 15.3 Å². The molecule has 0 atom stereocenters. The van der Waals surface area contributed by atoms with Crippen molar-refractivity contribution in [3.63, 3.8) is 0 Å². The monoisotopic (exact) mass is 473 g/mol. The molecular formula is C30H39N3O2. The summed E-state index contributed by atoms with van der Waals surface area (Å²) >= 11 is 0. The maximum absolute atomic E-state index is 11.3. The number of carbonyl (C=O) groups excluding carboxylic acids is 1. The van der Waals surface area contributed by atoms with Crippen molar-refractivity contribution in [2.45, 2.75) is 57.5 Å². The fourth-order valence-electron chi connectivity index (χ4n) is 5.37. The summed E-state index contributed by atoms with van der Waals surface area (Å²) in [6.45, 7) is 5.45. The minimum atomic E-state index is -0.288. The fourth-order valence-corrected chi connectivity index (χ4v) is 5.37. The smallest absolute Gasteiger partial charge is 0.243 e. The van der Waals surface area contributed by atoms with E-state index in [9.17, 15) is 4.79 Å². The number of nitrogens with zero attached hydrogens (tertiary/aromatic N) is 2. The van der Waals surface area contributed by atoms with E-state index in [4.69, 9.17) is 5.21 Å². The standard InChI is InChI=1S/C30H39N3O2/c34-30(31-35)16-5-2-8-20-33(23-17-27-14-9-13-26-12-6-7-15-29(26)27)28-18-21-32(22-19-28)24-25-10-3-1-4-11-25/h1,3-4,6-7,9-15,28,35H,2,5,8,16-24H2,(H,31,34). The average Bonchev–Trinajstić information content (AvgIpc) is 2.91. The molecule has 5 heteroatoms. The van der Waals surface area contributed by atoms with E-state index in [1.165, 1.54) is 34.7 Å². The van der Waals surface area contributed by atoms with Gasteiger partial charge in [-0.2, -0.15) is 0 Å². The lowest BCUT2D eigenvalue weighted by molar-refractivity contribution is -0.129. The molecule has 1 aliphatic heterocycles. The van der Waals surface area contributed by atoms with Crippen LogP contribution in [0.25, 0.3) is 10.8 Å². The van der Waals surface area contributed by atoms with Crippen molar-refractivity contribution in [3.05, 3.63) is 83.9 Å². The van der Waals surface area contributed by atoms with E-state index >= 15 is 0 Å². The van der Waals surface area contributed by atoms with Crippen LogP contribution >= 0.6 is 0 Å². The third kappa shape index (κ3) is 7.63. The van der Waals surface area contributed by atoms with Gasteiger partial charge < -0.3 is 0 Å². The van der Waals surface area contributed by atoms with Crippen molar-refractivity contribution in [2.24, 2.45) is 0 Å². The quantitative estimate of drug-likeness (QED) is 0.210. The van der Waals surface area contributed by atoms with Gasteiger partial charge in [-0.15, -0.1) is 0 Å². The molecule has 1 amide bonds. The van der Waals surface area contributed by atoms with Gasteiger partial charge in [0.15, 0.2) is 0 Å². The number of rotatable bonds is 12. The van der Waals surface area contributed by atoms with Crippen molar-refractivity contribution >= 4 is 16.7 Å². The number of hydrogen-bond donors (Lipinski definition) is 2. The number of benzene rings is 3. The van der Waals surface area contributed by atoms with Crippen LogP contribution in [-0.2, 0) is 17.8 Å². The van der Waals surface area contributed by atoms with Crippen LogP contribution in [0, 0.1) is 0 Å². The first-order chi connectivity index (χ1) is 17.2. The maximum Gasteiger partial charge on any atom is 0.243 e. The topological polar surface area (TPSA) is 55.8 Å². The predicted molar refractivity (Wildman–Crippen MR) is 142 cm³/mol. The Hall–Kier alpha value is -2.73. The Morgan fingerprint density at radius 2 is 1.63 bits per heavy atom. The Morgan fingerprint density at radius 3 is 2.43 bits per heavy atom. The number of unbranched alkanes of at least 4 members (excludes halogenated alkanes) is 2. The van der Waals surface area contributed by atoms with Gasteiger partial charge in [0.05, 0.1) is 0 Å². The van der Waals surface area contributed by atoms with Gasteiger partial charge in [-0.25, -0.2) is 5.48 Å². The van der Waals surface area contributed by atoms with Gasteiger partial charge in [0.25, 0.3) is 0 Å². The molecule has 2 N–H and O–H groups in total.